The summed E-state index contributed by atoms with van der Waals surface area (Å²) in [6.45, 7) is 0. The van der Waals surface area contributed by atoms with Crippen LogP contribution >= 0.6 is 27.5 Å². The van der Waals surface area contributed by atoms with Crippen molar-refractivity contribution < 1.29 is 9.47 Å². The van der Waals surface area contributed by atoms with Crippen LogP contribution in [0.4, 0.5) is 0 Å². The lowest BCUT2D eigenvalue weighted by atomic mass is 10.1. The van der Waals surface area contributed by atoms with E-state index in [9.17, 15) is 0 Å². The van der Waals surface area contributed by atoms with Gasteiger partial charge in [0.15, 0.2) is 11.5 Å². The lowest BCUT2D eigenvalue weighted by Crippen LogP contribution is -1.97. The molecule has 1 unspecified atom stereocenters. The van der Waals surface area contributed by atoms with Crippen molar-refractivity contribution in [3.05, 3.63) is 22.7 Å². The summed E-state index contributed by atoms with van der Waals surface area (Å²) in [5.74, 6) is 2.11. The monoisotopic (exact) mass is 304 g/mol. The van der Waals surface area contributed by atoms with Crippen molar-refractivity contribution in [1.82, 2.24) is 0 Å². The Balaban J connectivity index is 2.37. The number of rotatable bonds is 4. The van der Waals surface area contributed by atoms with E-state index in [2.05, 4.69) is 15.9 Å². The van der Waals surface area contributed by atoms with Gasteiger partial charge in [0.2, 0.25) is 0 Å². The lowest BCUT2D eigenvalue weighted by Gasteiger charge is -2.15. The zero-order chi connectivity index (χ0) is 11.7. The molecule has 1 atom stereocenters. The summed E-state index contributed by atoms with van der Waals surface area (Å²) in [5.41, 5.74) is 1.09. The van der Waals surface area contributed by atoms with E-state index in [0.717, 1.165) is 16.3 Å². The van der Waals surface area contributed by atoms with Crippen molar-refractivity contribution in [3.8, 4) is 11.5 Å². The lowest BCUT2D eigenvalue weighted by molar-refractivity contribution is 0.354. The summed E-state index contributed by atoms with van der Waals surface area (Å²) in [7, 11) is 3.25. The Bertz CT molecular complexity index is 391. The summed E-state index contributed by atoms with van der Waals surface area (Å²) in [6.07, 6.45) is 2.53. The minimum absolute atomic E-state index is 0.319. The highest BCUT2D eigenvalue weighted by Gasteiger charge is 2.32. The molecule has 0 amide bonds. The average molecular weight is 306 g/mol. The van der Waals surface area contributed by atoms with E-state index < -0.39 is 0 Å². The molecular formula is C12H14BrClO2. The Morgan fingerprint density at radius 1 is 1.25 bits per heavy atom. The largest absolute Gasteiger partial charge is 0.493 e. The molecule has 0 aliphatic heterocycles. The molecule has 0 radical (unpaired) electrons. The Kier molecular flexibility index (Phi) is 3.65. The number of alkyl halides is 1. The number of hydrogen-bond donors (Lipinski definition) is 0. The third kappa shape index (κ3) is 2.30. The SMILES string of the molecule is COc1cc(Cl)c(C(Br)C2CC2)cc1OC. The molecule has 0 aromatic heterocycles. The van der Waals surface area contributed by atoms with Crippen molar-refractivity contribution in [1.29, 1.82) is 0 Å². The predicted molar refractivity (Wildman–Crippen MR) is 68.9 cm³/mol. The number of hydrogen-bond acceptors (Lipinski definition) is 2. The number of halogens is 2. The van der Waals surface area contributed by atoms with Crippen LogP contribution in [-0.2, 0) is 0 Å². The van der Waals surface area contributed by atoms with Gasteiger partial charge in [-0.05, 0) is 30.4 Å². The van der Waals surface area contributed by atoms with Gasteiger partial charge >= 0.3 is 0 Å². The van der Waals surface area contributed by atoms with Gasteiger partial charge in [-0.1, -0.05) is 27.5 Å². The van der Waals surface area contributed by atoms with Crippen LogP contribution < -0.4 is 9.47 Å². The van der Waals surface area contributed by atoms with Crippen LogP contribution in [0, 0.1) is 5.92 Å². The quantitative estimate of drug-likeness (QED) is 0.776. The Hall–Kier alpha value is -0.410. The highest BCUT2D eigenvalue weighted by Crippen LogP contribution is 2.49. The maximum absolute atomic E-state index is 6.24. The van der Waals surface area contributed by atoms with Gasteiger partial charge in [-0.3, -0.25) is 0 Å². The zero-order valence-corrected chi connectivity index (χ0v) is 11.6. The van der Waals surface area contributed by atoms with Crippen LogP contribution in [0.3, 0.4) is 0 Å². The predicted octanol–water partition coefficient (Wildman–Crippen LogP) is 4.20. The normalized spacial score (nSPS) is 17.0. The molecule has 0 N–H and O–H groups in total. The molecule has 0 bridgehead atoms. The van der Waals surface area contributed by atoms with Crippen LogP contribution in [0.5, 0.6) is 11.5 Å². The van der Waals surface area contributed by atoms with Crippen molar-refractivity contribution in [2.75, 3.05) is 14.2 Å². The topological polar surface area (TPSA) is 18.5 Å². The van der Waals surface area contributed by atoms with E-state index in [1.54, 1.807) is 14.2 Å². The fourth-order valence-corrected chi connectivity index (χ4v) is 3.03. The highest BCUT2D eigenvalue weighted by molar-refractivity contribution is 9.09. The van der Waals surface area contributed by atoms with Gasteiger partial charge in [0.25, 0.3) is 0 Å². The second-order valence-electron chi connectivity index (χ2n) is 3.97. The van der Waals surface area contributed by atoms with E-state index in [4.69, 9.17) is 21.1 Å². The second-order valence-corrected chi connectivity index (χ2v) is 5.36. The van der Waals surface area contributed by atoms with E-state index in [1.165, 1.54) is 12.8 Å². The smallest absolute Gasteiger partial charge is 0.162 e. The van der Waals surface area contributed by atoms with Gasteiger partial charge < -0.3 is 9.47 Å². The molecular weight excluding hydrogens is 291 g/mol. The molecule has 1 saturated carbocycles. The van der Waals surface area contributed by atoms with Gasteiger partial charge in [-0.15, -0.1) is 0 Å². The third-order valence-electron chi connectivity index (χ3n) is 2.84. The van der Waals surface area contributed by atoms with Crippen molar-refractivity contribution >= 4 is 27.5 Å². The first-order valence-corrected chi connectivity index (χ1v) is 6.52. The number of methoxy groups -OCH3 is 2. The molecule has 0 spiro atoms. The maximum atomic E-state index is 6.24. The Morgan fingerprint density at radius 3 is 2.31 bits per heavy atom. The minimum atomic E-state index is 0.319. The molecule has 16 heavy (non-hydrogen) atoms. The summed E-state index contributed by atoms with van der Waals surface area (Å²) in [6, 6.07) is 3.77. The summed E-state index contributed by atoms with van der Waals surface area (Å²) < 4.78 is 10.5. The molecule has 1 aliphatic rings. The van der Waals surface area contributed by atoms with Gasteiger partial charge in [0, 0.05) is 15.9 Å². The fraction of sp³-hybridized carbons (Fsp3) is 0.500. The highest BCUT2D eigenvalue weighted by atomic mass is 79.9. The number of benzene rings is 1. The molecule has 2 rings (SSSR count). The zero-order valence-electron chi connectivity index (χ0n) is 9.30. The molecule has 0 heterocycles. The van der Waals surface area contributed by atoms with E-state index in [-0.39, 0.29) is 0 Å². The van der Waals surface area contributed by atoms with E-state index in [0.29, 0.717) is 16.5 Å². The average Bonchev–Trinajstić information content (AvgIpc) is 3.11. The van der Waals surface area contributed by atoms with Crippen molar-refractivity contribution in [2.45, 2.75) is 17.7 Å². The van der Waals surface area contributed by atoms with Gasteiger partial charge in [0.05, 0.1) is 14.2 Å². The first kappa shape index (κ1) is 12.1. The van der Waals surface area contributed by atoms with E-state index in [1.807, 2.05) is 12.1 Å². The van der Waals surface area contributed by atoms with Crippen molar-refractivity contribution in [2.24, 2.45) is 5.92 Å². The molecule has 1 aromatic carbocycles. The van der Waals surface area contributed by atoms with Gasteiger partial charge in [-0.2, -0.15) is 0 Å². The standard InChI is InChI=1S/C12H14BrClO2/c1-15-10-5-8(12(13)7-3-4-7)9(14)6-11(10)16-2/h5-7,12H,3-4H2,1-2H3. The van der Waals surface area contributed by atoms with Gasteiger partial charge in [0.1, 0.15) is 0 Å². The molecule has 1 aromatic rings. The summed E-state index contributed by atoms with van der Waals surface area (Å²) >= 11 is 9.93. The molecule has 1 aliphatic carbocycles. The fourth-order valence-electron chi connectivity index (χ4n) is 1.72. The third-order valence-corrected chi connectivity index (χ3v) is 4.40. The first-order valence-electron chi connectivity index (χ1n) is 5.23. The molecule has 0 saturated heterocycles. The molecule has 1 fully saturated rings. The van der Waals surface area contributed by atoms with Crippen LogP contribution in [0.25, 0.3) is 0 Å². The van der Waals surface area contributed by atoms with Crippen LogP contribution in [0.1, 0.15) is 23.2 Å². The minimum Gasteiger partial charge on any atom is -0.493 e. The molecule has 4 heteroatoms. The first-order chi connectivity index (χ1) is 7.67. The van der Waals surface area contributed by atoms with Crippen molar-refractivity contribution in [3.63, 3.8) is 0 Å². The maximum Gasteiger partial charge on any atom is 0.162 e. The molecule has 2 nitrogen and oxygen atoms in total. The van der Waals surface area contributed by atoms with Gasteiger partial charge in [-0.25, -0.2) is 0 Å². The Morgan fingerprint density at radius 2 is 1.81 bits per heavy atom. The molecule has 88 valence electrons. The van der Waals surface area contributed by atoms with E-state index >= 15 is 0 Å². The summed E-state index contributed by atoms with van der Waals surface area (Å²) in [5, 5.41) is 0.728. The van der Waals surface area contributed by atoms with Crippen LogP contribution in [0.2, 0.25) is 5.02 Å². The summed E-state index contributed by atoms with van der Waals surface area (Å²) in [4.78, 5) is 0.319. The number of ether oxygens (including phenoxy) is 2. The van der Waals surface area contributed by atoms with Crippen LogP contribution in [-0.4, -0.2) is 14.2 Å². The second kappa shape index (κ2) is 4.84. The Labute approximate surface area is 109 Å². The van der Waals surface area contributed by atoms with Crippen LogP contribution in [0.15, 0.2) is 12.1 Å².